The number of amides is 2. The molecule has 2 amide bonds. The highest BCUT2D eigenvalue weighted by Gasteiger charge is 2.22. The van der Waals surface area contributed by atoms with E-state index in [0.29, 0.717) is 40.3 Å². The molecule has 0 aliphatic rings. The normalized spacial score (nSPS) is 10.5. The number of thiophene rings is 1. The van der Waals surface area contributed by atoms with E-state index in [9.17, 15) is 14.9 Å². The summed E-state index contributed by atoms with van der Waals surface area (Å²) in [6, 6.07) is 8.82. The molecule has 0 aliphatic carbocycles. The molecule has 8 nitrogen and oxygen atoms in total. The standard InChI is InChI=1S/C21H20N4O4S/c1-4-24-20(27)17-11(3)14(10-22)21(30-17)25-19(26)13-9-12-7-6-8-15(28-5-2)16(12)29-18(13)23/h6-9,23H,4-5H2,1-3H3,(H,24,27)(H,25,26). The first kappa shape index (κ1) is 21.1. The minimum atomic E-state index is -0.604. The number of nitrogens with one attached hydrogen (secondary N) is 3. The van der Waals surface area contributed by atoms with Gasteiger partial charge in [-0.15, -0.1) is 11.3 Å². The number of fused-ring (bicyclic) bond motifs is 1. The average Bonchev–Trinajstić information content (AvgIpc) is 3.03. The van der Waals surface area contributed by atoms with Gasteiger partial charge in [-0.3, -0.25) is 15.0 Å². The van der Waals surface area contributed by atoms with E-state index in [2.05, 4.69) is 10.6 Å². The van der Waals surface area contributed by atoms with Crippen molar-refractivity contribution in [2.24, 2.45) is 0 Å². The Hall–Kier alpha value is -3.64. The fraction of sp³-hybridized carbons (Fsp3) is 0.238. The lowest BCUT2D eigenvalue weighted by molar-refractivity contribution is 0.0958. The lowest BCUT2D eigenvalue weighted by Gasteiger charge is -2.08. The zero-order valence-corrected chi connectivity index (χ0v) is 17.5. The topological polar surface area (TPSA) is 128 Å². The van der Waals surface area contributed by atoms with E-state index in [1.807, 2.05) is 13.0 Å². The number of hydrogen-bond acceptors (Lipinski definition) is 7. The Morgan fingerprint density at radius 1 is 1.30 bits per heavy atom. The van der Waals surface area contributed by atoms with Gasteiger partial charge in [0, 0.05) is 11.9 Å². The molecule has 0 atom stereocenters. The van der Waals surface area contributed by atoms with E-state index < -0.39 is 5.91 Å². The molecular weight excluding hydrogens is 404 g/mol. The number of anilines is 1. The van der Waals surface area contributed by atoms with Gasteiger partial charge >= 0.3 is 0 Å². The first-order valence-corrected chi connectivity index (χ1v) is 10.1. The largest absolute Gasteiger partial charge is 0.490 e. The summed E-state index contributed by atoms with van der Waals surface area (Å²) in [6.45, 7) is 6.18. The highest BCUT2D eigenvalue weighted by Crippen LogP contribution is 2.33. The number of para-hydroxylation sites is 1. The van der Waals surface area contributed by atoms with Crippen molar-refractivity contribution in [3.8, 4) is 11.8 Å². The molecule has 0 saturated heterocycles. The molecule has 0 spiro atoms. The van der Waals surface area contributed by atoms with Crippen LogP contribution in [0.15, 0.2) is 28.7 Å². The zero-order chi connectivity index (χ0) is 21.8. The molecule has 2 aromatic heterocycles. The van der Waals surface area contributed by atoms with E-state index in [-0.39, 0.29) is 27.6 Å². The molecule has 30 heavy (non-hydrogen) atoms. The quantitative estimate of drug-likeness (QED) is 0.557. The van der Waals surface area contributed by atoms with Crippen molar-refractivity contribution in [3.05, 3.63) is 51.4 Å². The maximum atomic E-state index is 12.8. The number of nitriles is 1. The summed E-state index contributed by atoms with van der Waals surface area (Å²) < 4.78 is 11.1. The minimum Gasteiger partial charge on any atom is -0.490 e. The molecule has 1 aromatic carbocycles. The molecule has 2 heterocycles. The van der Waals surface area contributed by atoms with Crippen LogP contribution in [-0.2, 0) is 0 Å². The lowest BCUT2D eigenvalue weighted by atomic mass is 10.1. The SMILES string of the molecule is CCNC(=O)c1sc(NC(=O)c2cc3cccc(OCC)c3oc2=N)c(C#N)c1C. The summed E-state index contributed by atoms with van der Waals surface area (Å²) >= 11 is 1.02. The first-order chi connectivity index (χ1) is 14.4. The summed E-state index contributed by atoms with van der Waals surface area (Å²) in [5.74, 6) is -0.419. The molecule has 0 unspecified atom stereocenters. The van der Waals surface area contributed by atoms with Crippen LogP contribution in [0.5, 0.6) is 5.75 Å². The van der Waals surface area contributed by atoms with Crippen molar-refractivity contribution in [3.63, 3.8) is 0 Å². The van der Waals surface area contributed by atoms with E-state index in [4.69, 9.17) is 14.6 Å². The predicted molar refractivity (Wildman–Crippen MR) is 113 cm³/mol. The van der Waals surface area contributed by atoms with Gasteiger partial charge in [0.25, 0.3) is 11.8 Å². The Bertz CT molecular complexity index is 1240. The van der Waals surface area contributed by atoms with Gasteiger partial charge in [0.05, 0.1) is 17.0 Å². The molecule has 0 radical (unpaired) electrons. The van der Waals surface area contributed by atoms with Gasteiger partial charge in [-0.1, -0.05) is 12.1 Å². The maximum absolute atomic E-state index is 12.8. The predicted octanol–water partition coefficient (Wildman–Crippen LogP) is 3.55. The monoisotopic (exact) mass is 424 g/mol. The van der Waals surface area contributed by atoms with Crippen LogP contribution >= 0.6 is 11.3 Å². The number of benzene rings is 1. The van der Waals surface area contributed by atoms with E-state index in [0.717, 1.165) is 11.3 Å². The van der Waals surface area contributed by atoms with Crippen molar-refractivity contribution >= 4 is 39.1 Å². The number of ether oxygens (including phenoxy) is 1. The fourth-order valence-corrected chi connectivity index (χ4v) is 4.00. The molecule has 0 fully saturated rings. The summed E-state index contributed by atoms with van der Waals surface area (Å²) in [5, 5.41) is 23.8. The zero-order valence-electron chi connectivity index (χ0n) is 16.7. The molecule has 3 N–H and O–H groups in total. The molecule has 0 saturated carbocycles. The summed E-state index contributed by atoms with van der Waals surface area (Å²) in [4.78, 5) is 25.4. The van der Waals surface area contributed by atoms with Crippen LogP contribution in [0, 0.1) is 23.7 Å². The highest BCUT2D eigenvalue weighted by molar-refractivity contribution is 7.18. The van der Waals surface area contributed by atoms with Crippen molar-refractivity contribution < 1.29 is 18.7 Å². The fourth-order valence-electron chi connectivity index (χ4n) is 2.94. The number of hydrogen-bond donors (Lipinski definition) is 3. The van der Waals surface area contributed by atoms with Crippen LogP contribution in [0.25, 0.3) is 11.0 Å². The van der Waals surface area contributed by atoms with Crippen molar-refractivity contribution in [2.45, 2.75) is 20.8 Å². The van der Waals surface area contributed by atoms with Crippen LogP contribution in [0.3, 0.4) is 0 Å². The molecule has 0 bridgehead atoms. The molecule has 154 valence electrons. The van der Waals surface area contributed by atoms with Gasteiger partial charge in [0.2, 0.25) is 5.55 Å². The van der Waals surface area contributed by atoms with Crippen LogP contribution in [-0.4, -0.2) is 25.0 Å². The van der Waals surface area contributed by atoms with Gasteiger partial charge in [0.15, 0.2) is 11.3 Å². The number of carbonyl (C=O) groups is 2. The summed E-state index contributed by atoms with van der Waals surface area (Å²) in [7, 11) is 0. The Morgan fingerprint density at radius 2 is 2.07 bits per heavy atom. The second-order valence-corrected chi connectivity index (χ2v) is 7.30. The smallest absolute Gasteiger partial charge is 0.261 e. The van der Waals surface area contributed by atoms with Gasteiger partial charge < -0.3 is 19.8 Å². The first-order valence-electron chi connectivity index (χ1n) is 9.28. The second kappa shape index (κ2) is 8.80. The molecule has 3 aromatic rings. The molecule has 0 aliphatic heterocycles. The second-order valence-electron chi connectivity index (χ2n) is 6.28. The Kier molecular flexibility index (Phi) is 6.18. The van der Waals surface area contributed by atoms with Crippen LogP contribution in [0.4, 0.5) is 5.00 Å². The number of nitrogens with zero attached hydrogens (tertiary/aromatic N) is 1. The third kappa shape index (κ3) is 3.90. The van der Waals surface area contributed by atoms with Crippen molar-refractivity contribution in [2.75, 3.05) is 18.5 Å². The van der Waals surface area contributed by atoms with E-state index in [1.165, 1.54) is 6.07 Å². The van der Waals surface area contributed by atoms with Crippen LogP contribution < -0.4 is 20.9 Å². The third-order valence-electron chi connectivity index (χ3n) is 4.33. The number of rotatable bonds is 6. The van der Waals surface area contributed by atoms with Gasteiger partial charge in [-0.05, 0) is 38.5 Å². The Labute approximate surface area is 176 Å². The number of carbonyl (C=O) groups excluding carboxylic acids is 2. The Morgan fingerprint density at radius 3 is 2.73 bits per heavy atom. The van der Waals surface area contributed by atoms with Crippen LogP contribution in [0.1, 0.15) is 45.0 Å². The van der Waals surface area contributed by atoms with E-state index >= 15 is 0 Å². The Balaban J connectivity index is 1.99. The molecular formula is C21H20N4O4S. The van der Waals surface area contributed by atoms with Gasteiger partial charge in [-0.2, -0.15) is 5.26 Å². The van der Waals surface area contributed by atoms with Crippen LogP contribution in [0.2, 0.25) is 0 Å². The van der Waals surface area contributed by atoms with Gasteiger partial charge in [-0.25, -0.2) is 0 Å². The summed E-state index contributed by atoms with van der Waals surface area (Å²) in [6.07, 6.45) is 0. The lowest BCUT2D eigenvalue weighted by Crippen LogP contribution is -2.22. The maximum Gasteiger partial charge on any atom is 0.261 e. The molecule has 3 rings (SSSR count). The third-order valence-corrected chi connectivity index (χ3v) is 5.54. The average molecular weight is 424 g/mol. The van der Waals surface area contributed by atoms with Gasteiger partial charge in [0.1, 0.15) is 16.6 Å². The van der Waals surface area contributed by atoms with Crippen molar-refractivity contribution in [1.82, 2.24) is 5.32 Å². The molecule has 9 heteroatoms. The summed E-state index contributed by atoms with van der Waals surface area (Å²) in [5.41, 5.74) is 0.773. The van der Waals surface area contributed by atoms with E-state index in [1.54, 1.807) is 32.0 Å². The highest BCUT2D eigenvalue weighted by atomic mass is 32.1. The van der Waals surface area contributed by atoms with Crippen molar-refractivity contribution in [1.29, 1.82) is 10.7 Å². The minimum absolute atomic E-state index is 0.00523.